The van der Waals surface area contributed by atoms with Crippen LogP contribution in [-0.4, -0.2) is 12.6 Å². The number of hydrogen-bond donors (Lipinski definition) is 1. The van der Waals surface area contributed by atoms with Gasteiger partial charge in [-0.05, 0) is 18.9 Å². The number of halogens is 1. The first-order valence-electron chi connectivity index (χ1n) is 4.79. The van der Waals surface area contributed by atoms with Crippen LogP contribution in [0.3, 0.4) is 0 Å². The molecule has 0 saturated carbocycles. The van der Waals surface area contributed by atoms with Gasteiger partial charge in [-0.15, -0.1) is 0 Å². The molecule has 1 unspecified atom stereocenters. The van der Waals surface area contributed by atoms with Crippen molar-refractivity contribution in [3.63, 3.8) is 0 Å². The summed E-state index contributed by atoms with van der Waals surface area (Å²) in [4.78, 5) is 0. The highest BCUT2D eigenvalue weighted by atomic mass is 35.5. The first kappa shape index (κ1) is 11.3. The number of benzene rings is 1. The number of nitrogens with one attached hydrogen (secondary N) is 1. The molecule has 0 fully saturated rings. The highest BCUT2D eigenvalue weighted by molar-refractivity contribution is 6.29. The van der Waals surface area contributed by atoms with Crippen molar-refractivity contribution >= 4 is 11.6 Å². The fraction of sp³-hybridized carbons (Fsp3) is 0.333. The van der Waals surface area contributed by atoms with E-state index in [-0.39, 0.29) is 0 Å². The second-order valence-corrected chi connectivity index (χ2v) is 4.02. The first-order chi connectivity index (χ1) is 6.68. The third-order valence-electron chi connectivity index (χ3n) is 2.03. The Balaban J connectivity index is 2.34. The molecule has 0 saturated heterocycles. The quantitative estimate of drug-likeness (QED) is 0.787. The molecule has 0 radical (unpaired) electrons. The zero-order valence-electron chi connectivity index (χ0n) is 8.46. The SMILES string of the molecule is C=C(Cl)CNC(C)Cc1ccccc1. The molecule has 0 amide bonds. The molecular weight excluding hydrogens is 194 g/mol. The molecule has 0 spiro atoms. The van der Waals surface area contributed by atoms with E-state index in [0.717, 1.165) is 6.42 Å². The van der Waals surface area contributed by atoms with E-state index in [0.29, 0.717) is 17.6 Å². The normalized spacial score (nSPS) is 12.4. The minimum absolute atomic E-state index is 0.424. The summed E-state index contributed by atoms with van der Waals surface area (Å²) in [5.74, 6) is 0. The van der Waals surface area contributed by atoms with E-state index in [1.165, 1.54) is 5.56 Å². The standard InChI is InChI=1S/C12H16ClN/c1-10(13)9-14-11(2)8-12-6-4-3-5-7-12/h3-7,11,14H,1,8-9H2,2H3. The second-order valence-electron chi connectivity index (χ2n) is 3.49. The van der Waals surface area contributed by atoms with E-state index in [9.17, 15) is 0 Å². The fourth-order valence-corrected chi connectivity index (χ4v) is 1.40. The molecule has 76 valence electrons. The van der Waals surface area contributed by atoms with Gasteiger partial charge < -0.3 is 5.32 Å². The first-order valence-corrected chi connectivity index (χ1v) is 5.17. The van der Waals surface area contributed by atoms with Crippen molar-refractivity contribution in [1.82, 2.24) is 5.32 Å². The molecule has 2 heteroatoms. The van der Waals surface area contributed by atoms with E-state index in [1.807, 2.05) is 6.07 Å². The lowest BCUT2D eigenvalue weighted by molar-refractivity contribution is 0.578. The van der Waals surface area contributed by atoms with Crippen LogP contribution >= 0.6 is 11.6 Å². The van der Waals surface area contributed by atoms with Gasteiger partial charge in [-0.3, -0.25) is 0 Å². The van der Waals surface area contributed by atoms with Crippen LogP contribution in [0, 0.1) is 0 Å². The lowest BCUT2D eigenvalue weighted by Gasteiger charge is -2.12. The third-order valence-corrected chi connectivity index (χ3v) is 2.16. The van der Waals surface area contributed by atoms with Crippen molar-refractivity contribution in [2.45, 2.75) is 19.4 Å². The molecule has 14 heavy (non-hydrogen) atoms. The summed E-state index contributed by atoms with van der Waals surface area (Å²) in [6.45, 7) is 6.46. The zero-order valence-corrected chi connectivity index (χ0v) is 9.22. The molecular formula is C12H16ClN. The van der Waals surface area contributed by atoms with Gasteiger partial charge in [0.2, 0.25) is 0 Å². The molecule has 0 aromatic heterocycles. The summed E-state index contributed by atoms with van der Waals surface area (Å²) in [5, 5.41) is 3.96. The van der Waals surface area contributed by atoms with Crippen LogP contribution in [0.5, 0.6) is 0 Å². The summed E-state index contributed by atoms with van der Waals surface area (Å²) in [5.41, 5.74) is 1.34. The van der Waals surface area contributed by atoms with E-state index in [4.69, 9.17) is 11.6 Å². The Kier molecular flexibility index (Phi) is 4.71. The second kappa shape index (κ2) is 5.84. The Morgan fingerprint density at radius 1 is 1.43 bits per heavy atom. The van der Waals surface area contributed by atoms with Crippen LogP contribution in [0.1, 0.15) is 12.5 Å². The van der Waals surface area contributed by atoms with Crippen molar-refractivity contribution in [1.29, 1.82) is 0 Å². The van der Waals surface area contributed by atoms with Gasteiger partial charge in [0, 0.05) is 17.6 Å². The third kappa shape index (κ3) is 4.45. The summed E-state index contributed by atoms with van der Waals surface area (Å²) in [6, 6.07) is 10.8. The van der Waals surface area contributed by atoms with Crippen LogP contribution in [0.2, 0.25) is 0 Å². The van der Waals surface area contributed by atoms with E-state index < -0.39 is 0 Å². The molecule has 0 heterocycles. The highest BCUT2D eigenvalue weighted by Gasteiger charge is 2.01. The van der Waals surface area contributed by atoms with Crippen LogP contribution in [-0.2, 0) is 6.42 Å². The van der Waals surface area contributed by atoms with Crippen molar-refractivity contribution < 1.29 is 0 Å². The number of rotatable bonds is 5. The summed E-state index contributed by atoms with van der Waals surface area (Å²) >= 11 is 5.67. The van der Waals surface area contributed by atoms with Crippen molar-refractivity contribution in [3.8, 4) is 0 Å². The predicted octanol–water partition coefficient (Wildman–Crippen LogP) is 2.96. The highest BCUT2D eigenvalue weighted by Crippen LogP contribution is 2.03. The molecule has 0 bridgehead atoms. The van der Waals surface area contributed by atoms with Crippen molar-refractivity contribution in [3.05, 3.63) is 47.5 Å². The average Bonchev–Trinajstić information content (AvgIpc) is 2.16. The lowest BCUT2D eigenvalue weighted by atomic mass is 10.1. The Bertz CT molecular complexity index is 282. The minimum atomic E-state index is 0.424. The van der Waals surface area contributed by atoms with E-state index in [1.54, 1.807) is 0 Å². The van der Waals surface area contributed by atoms with Gasteiger partial charge in [-0.2, -0.15) is 0 Å². The van der Waals surface area contributed by atoms with Gasteiger partial charge in [0.1, 0.15) is 0 Å². The van der Waals surface area contributed by atoms with Gasteiger partial charge in [-0.1, -0.05) is 48.5 Å². The maximum Gasteiger partial charge on any atom is 0.0310 e. The van der Waals surface area contributed by atoms with Gasteiger partial charge in [0.15, 0.2) is 0 Å². The zero-order chi connectivity index (χ0) is 10.4. The van der Waals surface area contributed by atoms with Crippen LogP contribution < -0.4 is 5.32 Å². The molecule has 0 aliphatic carbocycles. The van der Waals surface area contributed by atoms with E-state index >= 15 is 0 Å². The van der Waals surface area contributed by atoms with Gasteiger partial charge in [-0.25, -0.2) is 0 Å². The van der Waals surface area contributed by atoms with Crippen LogP contribution in [0.4, 0.5) is 0 Å². The average molecular weight is 210 g/mol. The fourth-order valence-electron chi connectivity index (χ4n) is 1.32. The Labute approximate surface area is 90.8 Å². The monoisotopic (exact) mass is 209 g/mol. The van der Waals surface area contributed by atoms with Gasteiger partial charge in [0.25, 0.3) is 0 Å². The van der Waals surface area contributed by atoms with Crippen LogP contribution in [0.15, 0.2) is 41.9 Å². The maximum atomic E-state index is 5.67. The summed E-state index contributed by atoms with van der Waals surface area (Å²) < 4.78 is 0. The van der Waals surface area contributed by atoms with Crippen molar-refractivity contribution in [2.24, 2.45) is 0 Å². The molecule has 1 rings (SSSR count). The number of hydrogen-bond acceptors (Lipinski definition) is 1. The summed E-state index contributed by atoms with van der Waals surface area (Å²) in [6.07, 6.45) is 1.02. The van der Waals surface area contributed by atoms with Gasteiger partial charge in [0.05, 0.1) is 0 Å². The van der Waals surface area contributed by atoms with Gasteiger partial charge >= 0.3 is 0 Å². The van der Waals surface area contributed by atoms with Crippen molar-refractivity contribution in [2.75, 3.05) is 6.54 Å². The molecule has 0 aliphatic rings. The predicted molar refractivity (Wildman–Crippen MR) is 62.6 cm³/mol. The smallest absolute Gasteiger partial charge is 0.0310 e. The Morgan fingerprint density at radius 2 is 2.07 bits per heavy atom. The minimum Gasteiger partial charge on any atom is -0.309 e. The maximum absolute atomic E-state index is 5.67. The molecule has 1 aromatic rings. The molecule has 1 aromatic carbocycles. The Morgan fingerprint density at radius 3 is 2.64 bits per heavy atom. The van der Waals surface area contributed by atoms with E-state index in [2.05, 4.69) is 43.1 Å². The molecule has 1 nitrogen and oxygen atoms in total. The van der Waals surface area contributed by atoms with Crippen LogP contribution in [0.25, 0.3) is 0 Å². The largest absolute Gasteiger partial charge is 0.309 e. The summed E-state index contributed by atoms with van der Waals surface area (Å²) in [7, 11) is 0. The molecule has 0 aliphatic heterocycles. The molecule has 1 N–H and O–H groups in total. The lowest BCUT2D eigenvalue weighted by Crippen LogP contribution is -2.28. The molecule has 1 atom stereocenters. The Hall–Kier alpha value is -0.790. The topological polar surface area (TPSA) is 12.0 Å².